The molecule has 2 N–H and O–H groups in total. The fraction of sp³-hybridized carbons (Fsp3) is 0.500. The minimum absolute atomic E-state index is 0.0453. The summed E-state index contributed by atoms with van der Waals surface area (Å²) in [6.07, 6.45) is 0.885. The number of benzene rings is 1. The van der Waals surface area contributed by atoms with E-state index in [0.717, 1.165) is 24.3 Å². The van der Waals surface area contributed by atoms with E-state index in [1.165, 1.54) is 0 Å². The zero-order chi connectivity index (χ0) is 13.1. The molecule has 0 spiro atoms. The second-order valence-corrected chi connectivity index (χ2v) is 4.71. The quantitative estimate of drug-likeness (QED) is 0.883. The molecule has 4 heteroatoms. The van der Waals surface area contributed by atoms with Crippen molar-refractivity contribution in [2.75, 3.05) is 19.7 Å². The molecule has 2 rings (SSSR count). The fourth-order valence-electron chi connectivity index (χ4n) is 2.20. The number of rotatable bonds is 3. The average molecular weight is 248 g/mol. The molecule has 1 aliphatic rings. The third-order valence-corrected chi connectivity index (χ3v) is 3.25. The molecule has 0 unspecified atom stereocenters. The zero-order valence-corrected chi connectivity index (χ0v) is 11.0. The van der Waals surface area contributed by atoms with Gasteiger partial charge in [0, 0.05) is 24.7 Å². The summed E-state index contributed by atoms with van der Waals surface area (Å²) in [6.45, 7) is 5.92. The molecule has 1 aromatic carbocycles. The summed E-state index contributed by atoms with van der Waals surface area (Å²) < 4.78 is 5.52. The van der Waals surface area contributed by atoms with Gasteiger partial charge in [-0.25, -0.2) is 0 Å². The van der Waals surface area contributed by atoms with E-state index in [-0.39, 0.29) is 11.9 Å². The Morgan fingerprint density at radius 3 is 2.94 bits per heavy atom. The highest BCUT2D eigenvalue weighted by atomic mass is 16.5. The molecule has 18 heavy (non-hydrogen) atoms. The fourth-order valence-corrected chi connectivity index (χ4v) is 2.20. The van der Waals surface area contributed by atoms with E-state index in [2.05, 4.69) is 0 Å². The van der Waals surface area contributed by atoms with Crippen molar-refractivity contribution in [3.05, 3.63) is 29.3 Å². The largest absolute Gasteiger partial charge is 0.494 e. The van der Waals surface area contributed by atoms with Gasteiger partial charge in [-0.3, -0.25) is 4.79 Å². The van der Waals surface area contributed by atoms with E-state index < -0.39 is 0 Å². The van der Waals surface area contributed by atoms with Crippen molar-refractivity contribution in [3.8, 4) is 5.75 Å². The van der Waals surface area contributed by atoms with Gasteiger partial charge in [-0.05, 0) is 38.0 Å². The van der Waals surface area contributed by atoms with Crippen molar-refractivity contribution >= 4 is 5.91 Å². The van der Waals surface area contributed by atoms with E-state index in [1.807, 2.05) is 36.9 Å². The number of hydrogen-bond acceptors (Lipinski definition) is 3. The minimum atomic E-state index is 0.0453. The van der Waals surface area contributed by atoms with Crippen LogP contribution in [0.15, 0.2) is 18.2 Å². The van der Waals surface area contributed by atoms with Gasteiger partial charge in [0.1, 0.15) is 5.75 Å². The molecule has 98 valence electrons. The molecule has 1 saturated heterocycles. The highest BCUT2D eigenvalue weighted by Crippen LogP contribution is 2.21. The van der Waals surface area contributed by atoms with Crippen LogP contribution >= 0.6 is 0 Å². The maximum Gasteiger partial charge on any atom is 0.254 e. The maximum absolute atomic E-state index is 12.3. The molecule has 4 nitrogen and oxygen atoms in total. The van der Waals surface area contributed by atoms with Crippen molar-refractivity contribution in [3.63, 3.8) is 0 Å². The van der Waals surface area contributed by atoms with Gasteiger partial charge in [-0.1, -0.05) is 6.07 Å². The monoisotopic (exact) mass is 248 g/mol. The van der Waals surface area contributed by atoms with E-state index in [9.17, 15) is 4.79 Å². The van der Waals surface area contributed by atoms with Gasteiger partial charge in [-0.2, -0.15) is 0 Å². The normalized spacial score (nSPS) is 19.1. The van der Waals surface area contributed by atoms with Crippen LogP contribution in [-0.4, -0.2) is 36.5 Å². The van der Waals surface area contributed by atoms with Crippen molar-refractivity contribution in [1.82, 2.24) is 4.90 Å². The van der Waals surface area contributed by atoms with Gasteiger partial charge in [0.15, 0.2) is 0 Å². The number of aryl methyl sites for hydroxylation is 1. The summed E-state index contributed by atoms with van der Waals surface area (Å²) in [6, 6.07) is 5.72. The lowest BCUT2D eigenvalue weighted by molar-refractivity contribution is 0.0790. The summed E-state index contributed by atoms with van der Waals surface area (Å²) in [7, 11) is 0. The van der Waals surface area contributed by atoms with Crippen molar-refractivity contribution in [2.45, 2.75) is 26.3 Å². The molecule has 0 aliphatic carbocycles. The summed E-state index contributed by atoms with van der Waals surface area (Å²) in [5, 5.41) is 0. The Hall–Kier alpha value is -1.55. The van der Waals surface area contributed by atoms with Gasteiger partial charge in [0.05, 0.1) is 6.61 Å². The minimum Gasteiger partial charge on any atom is -0.494 e. The summed E-state index contributed by atoms with van der Waals surface area (Å²) in [4.78, 5) is 14.1. The number of hydrogen-bond donors (Lipinski definition) is 1. The van der Waals surface area contributed by atoms with E-state index in [1.54, 1.807) is 0 Å². The first kappa shape index (κ1) is 12.9. The third-order valence-electron chi connectivity index (χ3n) is 3.25. The van der Waals surface area contributed by atoms with Crippen LogP contribution in [0.1, 0.15) is 29.3 Å². The molecule has 0 aromatic heterocycles. The van der Waals surface area contributed by atoms with Gasteiger partial charge in [-0.15, -0.1) is 0 Å². The lowest BCUT2D eigenvalue weighted by Gasteiger charge is -2.17. The second-order valence-electron chi connectivity index (χ2n) is 4.71. The number of ether oxygens (including phenoxy) is 1. The predicted molar refractivity (Wildman–Crippen MR) is 70.8 cm³/mol. The highest BCUT2D eigenvalue weighted by Gasteiger charge is 2.24. The van der Waals surface area contributed by atoms with Crippen LogP contribution in [0.3, 0.4) is 0 Å². The Morgan fingerprint density at radius 1 is 1.56 bits per heavy atom. The molecular weight excluding hydrogens is 228 g/mol. The lowest BCUT2D eigenvalue weighted by Crippen LogP contribution is -2.31. The number of likely N-dealkylation sites (tertiary alicyclic amines) is 1. The van der Waals surface area contributed by atoms with Crippen molar-refractivity contribution in [1.29, 1.82) is 0 Å². The Kier molecular flexibility index (Phi) is 3.87. The standard InChI is InChI=1S/C14H20N2O2/c1-3-18-13-8-11(5-4-10(13)2)14(17)16-7-6-12(15)9-16/h4-5,8,12H,3,6-7,9,15H2,1-2H3/t12-/m0/s1. The molecule has 1 fully saturated rings. The lowest BCUT2D eigenvalue weighted by atomic mass is 10.1. The average Bonchev–Trinajstić information content (AvgIpc) is 2.78. The summed E-state index contributed by atoms with van der Waals surface area (Å²) in [5.41, 5.74) is 7.55. The van der Waals surface area contributed by atoms with Gasteiger partial charge < -0.3 is 15.4 Å². The SMILES string of the molecule is CCOc1cc(C(=O)N2CC[C@H](N)C2)ccc1C. The second kappa shape index (κ2) is 5.40. The first-order chi connectivity index (χ1) is 8.61. The first-order valence-electron chi connectivity index (χ1n) is 6.40. The Bertz CT molecular complexity index is 445. The zero-order valence-electron chi connectivity index (χ0n) is 11.0. The van der Waals surface area contributed by atoms with Crippen LogP contribution in [0.2, 0.25) is 0 Å². The number of nitrogens with zero attached hydrogens (tertiary/aromatic N) is 1. The third kappa shape index (κ3) is 2.64. The molecule has 1 amide bonds. The van der Waals surface area contributed by atoms with Gasteiger partial charge in [0.25, 0.3) is 5.91 Å². The highest BCUT2D eigenvalue weighted by molar-refractivity contribution is 5.95. The van der Waals surface area contributed by atoms with Crippen molar-refractivity contribution in [2.24, 2.45) is 5.73 Å². The molecule has 1 aromatic rings. The molecule has 0 bridgehead atoms. The van der Waals surface area contributed by atoms with E-state index in [0.29, 0.717) is 18.7 Å². The Labute approximate surface area is 108 Å². The van der Waals surface area contributed by atoms with Crippen LogP contribution in [0, 0.1) is 6.92 Å². The van der Waals surface area contributed by atoms with Crippen molar-refractivity contribution < 1.29 is 9.53 Å². The van der Waals surface area contributed by atoms with E-state index in [4.69, 9.17) is 10.5 Å². The number of nitrogens with two attached hydrogens (primary N) is 1. The Balaban J connectivity index is 2.17. The molecule has 1 atom stereocenters. The maximum atomic E-state index is 12.3. The number of carbonyl (C=O) groups excluding carboxylic acids is 1. The van der Waals surface area contributed by atoms with Crippen LogP contribution < -0.4 is 10.5 Å². The van der Waals surface area contributed by atoms with Gasteiger partial charge >= 0.3 is 0 Å². The summed E-state index contributed by atoms with van der Waals surface area (Å²) in [5.74, 6) is 0.829. The van der Waals surface area contributed by atoms with Crippen LogP contribution in [-0.2, 0) is 0 Å². The van der Waals surface area contributed by atoms with Crippen LogP contribution in [0.25, 0.3) is 0 Å². The predicted octanol–water partition coefficient (Wildman–Crippen LogP) is 1.57. The molecule has 1 aliphatic heterocycles. The number of carbonyl (C=O) groups is 1. The molecular formula is C14H20N2O2. The first-order valence-corrected chi connectivity index (χ1v) is 6.40. The smallest absolute Gasteiger partial charge is 0.254 e. The summed E-state index contributed by atoms with van der Waals surface area (Å²) >= 11 is 0. The van der Waals surface area contributed by atoms with Crippen LogP contribution in [0.4, 0.5) is 0 Å². The molecule has 0 radical (unpaired) electrons. The Morgan fingerprint density at radius 2 is 2.33 bits per heavy atom. The topological polar surface area (TPSA) is 55.6 Å². The van der Waals surface area contributed by atoms with Gasteiger partial charge in [0.2, 0.25) is 0 Å². The molecule has 1 heterocycles. The van der Waals surface area contributed by atoms with Crippen LogP contribution in [0.5, 0.6) is 5.75 Å². The number of amides is 1. The molecule has 0 saturated carbocycles. The van der Waals surface area contributed by atoms with E-state index >= 15 is 0 Å².